The lowest BCUT2D eigenvalue weighted by Crippen LogP contribution is -2.35. The number of hydrogen-bond donors (Lipinski definition) is 2. The first kappa shape index (κ1) is 14.5. The summed E-state index contributed by atoms with van der Waals surface area (Å²) in [6.45, 7) is 6.52. The average molecular weight is 250 g/mol. The number of nitrogens with one attached hydrogen (secondary N) is 2. The van der Waals surface area contributed by atoms with Crippen LogP contribution >= 0.6 is 0 Å². The van der Waals surface area contributed by atoms with Crippen molar-refractivity contribution < 1.29 is 9.53 Å². The first-order valence-corrected chi connectivity index (χ1v) is 6.30. The molecular formula is C14H22N2O2. The van der Waals surface area contributed by atoms with Crippen LogP contribution in [0.1, 0.15) is 25.8 Å². The van der Waals surface area contributed by atoms with E-state index in [-0.39, 0.29) is 11.9 Å². The van der Waals surface area contributed by atoms with Crippen molar-refractivity contribution in [1.82, 2.24) is 5.32 Å². The maximum absolute atomic E-state index is 11.8. The van der Waals surface area contributed by atoms with Crippen LogP contribution < -0.4 is 15.4 Å². The molecule has 1 rings (SSSR count). The van der Waals surface area contributed by atoms with E-state index in [0.717, 1.165) is 23.4 Å². The van der Waals surface area contributed by atoms with Crippen LogP contribution in [-0.4, -0.2) is 25.6 Å². The standard InChI is InChI=1S/C14H22N2O2/c1-5-8-18-13-9-10(2)6-7-12(13)16-14(17)11(3)15-4/h6-7,9,11,15H,5,8H2,1-4H3,(H,16,17). The van der Waals surface area contributed by atoms with Gasteiger partial charge in [-0.1, -0.05) is 13.0 Å². The fourth-order valence-corrected chi connectivity index (χ4v) is 1.44. The molecule has 1 atom stereocenters. The average Bonchev–Trinajstić information content (AvgIpc) is 2.37. The van der Waals surface area contributed by atoms with Crippen molar-refractivity contribution in [2.75, 3.05) is 19.0 Å². The molecule has 1 unspecified atom stereocenters. The fraction of sp³-hybridized carbons (Fsp3) is 0.500. The Balaban J connectivity index is 2.83. The predicted molar refractivity (Wildman–Crippen MR) is 74.1 cm³/mol. The van der Waals surface area contributed by atoms with E-state index in [1.165, 1.54) is 0 Å². The number of carbonyl (C=O) groups is 1. The summed E-state index contributed by atoms with van der Waals surface area (Å²) in [5.41, 5.74) is 1.84. The van der Waals surface area contributed by atoms with E-state index < -0.39 is 0 Å². The third-order valence-electron chi connectivity index (χ3n) is 2.68. The first-order chi connectivity index (χ1) is 8.58. The number of hydrogen-bond acceptors (Lipinski definition) is 3. The summed E-state index contributed by atoms with van der Waals surface area (Å²) in [5.74, 6) is 0.663. The SMILES string of the molecule is CCCOc1cc(C)ccc1NC(=O)C(C)NC. The third kappa shape index (κ3) is 4.04. The largest absolute Gasteiger partial charge is 0.491 e. The summed E-state index contributed by atoms with van der Waals surface area (Å²) < 4.78 is 5.65. The Hall–Kier alpha value is -1.55. The minimum Gasteiger partial charge on any atom is -0.491 e. The van der Waals surface area contributed by atoms with Gasteiger partial charge in [0.15, 0.2) is 0 Å². The number of benzene rings is 1. The zero-order chi connectivity index (χ0) is 13.5. The van der Waals surface area contributed by atoms with Gasteiger partial charge in [-0.2, -0.15) is 0 Å². The molecule has 0 aliphatic rings. The predicted octanol–water partition coefficient (Wildman–Crippen LogP) is 2.33. The fourth-order valence-electron chi connectivity index (χ4n) is 1.44. The number of carbonyl (C=O) groups excluding carboxylic acids is 1. The molecule has 4 nitrogen and oxygen atoms in total. The van der Waals surface area contributed by atoms with E-state index in [0.29, 0.717) is 6.61 Å². The Morgan fingerprint density at radius 3 is 2.78 bits per heavy atom. The molecule has 0 saturated carbocycles. The van der Waals surface area contributed by atoms with Crippen LogP contribution in [0.4, 0.5) is 5.69 Å². The van der Waals surface area contributed by atoms with Gasteiger partial charge in [0.25, 0.3) is 0 Å². The van der Waals surface area contributed by atoms with E-state index in [1.807, 2.05) is 32.0 Å². The maximum atomic E-state index is 11.8. The van der Waals surface area contributed by atoms with Crippen LogP contribution in [0.25, 0.3) is 0 Å². The molecule has 18 heavy (non-hydrogen) atoms. The van der Waals surface area contributed by atoms with Crippen molar-refractivity contribution in [3.8, 4) is 5.75 Å². The van der Waals surface area contributed by atoms with Crippen LogP contribution in [-0.2, 0) is 4.79 Å². The second kappa shape index (κ2) is 7.01. The van der Waals surface area contributed by atoms with E-state index in [4.69, 9.17) is 4.74 Å². The Labute approximate surface area is 109 Å². The molecule has 0 aromatic heterocycles. The minimum absolute atomic E-state index is 0.0669. The van der Waals surface area contributed by atoms with Crippen molar-refractivity contribution in [2.45, 2.75) is 33.2 Å². The van der Waals surface area contributed by atoms with Crippen molar-refractivity contribution in [3.63, 3.8) is 0 Å². The molecule has 0 heterocycles. The van der Waals surface area contributed by atoms with Crippen LogP contribution in [0.2, 0.25) is 0 Å². The van der Waals surface area contributed by atoms with E-state index >= 15 is 0 Å². The molecule has 0 bridgehead atoms. The Kier molecular flexibility index (Phi) is 5.65. The van der Waals surface area contributed by atoms with Gasteiger partial charge < -0.3 is 15.4 Å². The second-order valence-electron chi connectivity index (χ2n) is 4.35. The molecule has 2 N–H and O–H groups in total. The highest BCUT2D eigenvalue weighted by Gasteiger charge is 2.13. The van der Waals surface area contributed by atoms with Gasteiger partial charge >= 0.3 is 0 Å². The van der Waals surface area contributed by atoms with Gasteiger partial charge in [0.2, 0.25) is 5.91 Å². The topological polar surface area (TPSA) is 50.4 Å². The van der Waals surface area contributed by atoms with Crippen LogP contribution in [0, 0.1) is 6.92 Å². The van der Waals surface area contributed by atoms with Gasteiger partial charge in [0.1, 0.15) is 5.75 Å². The molecule has 1 aromatic rings. The molecule has 0 radical (unpaired) electrons. The van der Waals surface area contributed by atoms with E-state index in [1.54, 1.807) is 7.05 Å². The smallest absolute Gasteiger partial charge is 0.241 e. The molecule has 1 amide bonds. The Morgan fingerprint density at radius 2 is 2.17 bits per heavy atom. The summed E-state index contributed by atoms with van der Waals surface area (Å²) >= 11 is 0. The lowest BCUT2D eigenvalue weighted by Gasteiger charge is -2.15. The van der Waals surface area contributed by atoms with E-state index in [2.05, 4.69) is 17.6 Å². The highest BCUT2D eigenvalue weighted by Crippen LogP contribution is 2.26. The van der Waals surface area contributed by atoms with Gasteiger partial charge in [0, 0.05) is 0 Å². The number of anilines is 1. The molecular weight excluding hydrogens is 228 g/mol. The zero-order valence-corrected chi connectivity index (χ0v) is 11.5. The zero-order valence-electron chi connectivity index (χ0n) is 11.5. The maximum Gasteiger partial charge on any atom is 0.241 e. The summed E-state index contributed by atoms with van der Waals surface area (Å²) in [6, 6.07) is 5.54. The molecule has 0 fully saturated rings. The second-order valence-corrected chi connectivity index (χ2v) is 4.35. The van der Waals surface area contributed by atoms with Gasteiger partial charge in [-0.15, -0.1) is 0 Å². The van der Waals surface area contributed by atoms with Gasteiger partial charge in [0.05, 0.1) is 18.3 Å². The number of aryl methyl sites for hydroxylation is 1. The third-order valence-corrected chi connectivity index (χ3v) is 2.68. The normalized spacial score (nSPS) is 12.0. The minimum atomic E-state index is -0.231. The highest BCUT2D eigenvalue weighted by molar-refractivity contribution is 5.95. The summed E-state index contributed by atoms with van der Waals surface area (Å²) in [5, 5.41) is 5.78. The Morgan fingerprint density at radius 1 is 1.44 bits per heavy atom. The van der Waals surface area contributed by atoms with Gasteiger partial charge in [-0.3, -0.25) is 4.79 Å². The lowest BCUT2D eigenvalue weighted by atomic mass is 10.2. The van der Waals surface area contributed by atoms with E-state index in [9.17, 15) is 4.79 Å². The lowest BCUT2D eigenvalue weighted by molar-refractivity contribution is -0.117. The quantitative estimate of drug-likeness (QED) is 0.814. The molecule has 100 valence electrons. The monoisotopic (exact) mass is 250 g/mol. The van der Waals surface area contributed by atoms with Crippen molar-refractivity contribution in [2.24, 2.45) is 0 Å². The highest BCUT2D eigenvalue weighted by atomic mass is 16.5. The van der Waals surface area contributed by atoms with Gasteiger partial charge in [-0.25, -0.2) is 0 Å². The van der Waals surface area contributed by atoms with Crippen LogP contribution in [0.15, 0.2) is 18.2 Å². The number of ether oxygens (including phenoxy) is 1. The summed E-state index contributed by atoms with van der Waals surface area (Å²) in [7, 11) is 1.76. The number of rotatable bonds is 6. The van der Waals surface area contributed by atoms with Crippen LogP contribution in [0.3, 0.4) is 0 Å². The molecule has 0 aliphatic heterocycles. The van der Waals surface area contributed by atoms with Crippen molar-refractivity contribution in [3.05, 3.63) is 23.8 Å². The van der Waals surface area contributed by atoms with Crippen molar-refractivity contribution >= 4 is 11.6 Å². The summed E-state index contributed by atoms with van der Waals surface area (Å²) in [4.78, 5) is 11.8. The first-order valence-electron chi connectivity index (χ1n) is 6.30. The number of amides is 1. The Bertz CT molecular complexity index is 405. The molecule has 1 aromatic carbocycles. The molecule has 0 saturated heterocycles. The summed E-state index contributed by atoms with van der Waals surface area (Å²) in [6.07, 6.45) is 0.939. The molecule has 0 spiro atoms. The molecule has 4 heteroatoms. The molecule has 0 aliphatic carbocycles. The van der Waals surface area contributed by atoms with Crippen LogP contribution in [0.5, 0.6) is 5.75 Å². The van der Waals surface area contributed by atoms with Gasteiger partial charge in [-0.05, 0) is 45.0 Å². The number of likely N-dealkylation sites (N-methyl/N-ethyl adjacent to an activating group) is 1. The van der Waals surface area contributed by atoms with Crippen molar-refractivity contribution in [1.29, 1.82) is 0 Å².